The monoisotopic (exact) mass is 286 g/mol. The minimum Gasteiger partial charge on any atom is -0.388 e. The molecule has 0 heterocycles. The van der Waals surface area contributed by atoms with Gasteiger partial charge < -0.3 is 20.9 Å². The lowest BCUT2D eigenvalue weighted by molar-refractivity contribution is -0.124. The summed E-state index contributed by atoms with van der Waals surface area (Å²) < 4.78 is 4.94. The van der Waals surface area contributed by atoms with E-state index < -0.39 is 11.6 Å². The van der Waals surface area contributed by atoms with Crippen LogP contribution in [0.2, 0.25) is 0 Å². The van der Waals surface area contributed by atoms with Gasteiger partial charge in [-0.15, -0.1) is 0 Å². The third-order valence-electron chi connectivity index (χ3n) is 4.33. The second-order valence-electron chi connectivity index (χ2n) is 6.85. The zero-order valence-electron chi connectivity index (χ0n) is 13.1. The number of nitrogens with two attached hydrogens (primary N) is 1. The van der Waals surface area contributed by atoms with Gasteiger partial charge in [0.05, 0.1) is 11.6 Å². The fourth-order valence-electron chi connectivity index (χ4n) is 2.53. The quantitative estimate of drug-likeness (QED) is 0.614. The molecule has 1 atom stereocenters. The Labute approximate surface area is 122 Å². The van der Waals surface area contributed by atoms with E-state index in [1.165, 1.54) is 0 Å². The van der Waals surface area contributed by atoms with E-state index in [0.717, 1.165) is 32.1 Å². The Balaban J connectivity index is 2.30. The topological polar surface area (TPSA) is 84.6 Å². The number of hydrogen-bond donors (Lipinski definition) is 3. The molecule has 1 saturated carbocycles. The summed E-state index contributed by atoms with van der Waals surface area (Å²) in [6, 6.07) is -0.520. The van der Waals surface area contributed by atoms with Gasteiger partial charge in [-0.3, -0.25) is 4.79 Å². The first-order valence-electron chi connectivity index (χ1n) is 7.53. The van der Waals surface area contributed by atoms with E-state index in [1.807, 2.05) is 0 Å². The Morgan fingerprint density at radius 1 is 1.35 bits per heavy atom. The lowest BCUT2D eigenvalue weighted by Gasteiger charge is -2.40. The van der Waals surface area contributed by atoms with Crippen LogP contribution in [0, 0.1) is 5.41 Å². The molecule has 0 aromatic rings. The number of amides is 1. The molecule has 1 aliphatic rings. The highest BCUT2D eigenvalue weighted by molar-refractivity contribution is 5.81. The van der Waals surface area contributed by atoms with Crippen LogP contribution >= 0.6 is 0 Å². The van der Waals surface area contributed by atoms with Crippen LogP contribution in [0.1, 0.15) is 52.4 Å². The highest BCUT2D eigenvalue weighted by atomic mass is 16.5. The number of aliphatic hydroxyl groups is 1. The molecule has 0 spiro atoms. The molecule has 1 amide bonds. The van der Waals surface area contributed by atoms with Crippen molar-refractivity contribution in [1.82, 2.24) is 5.32 Å². The largest absolute Gasteiger partial charge is 0.388 e. The zero-order chi connectivity index (χ0) is 15.2. The average Bonchev–Trinajstić information content (AvgIpc) is 2.40. The molecule has 0 aromatic carbocycles. The minimum atomic E-state index is -0.766. The van der Waals surface area contributed by atoms with Crippen molar-refractivity contribution >= 4 is 5.91 Å². The molecule has 0 aliphatic heterocycles. The average molecular weight is 286 g/mol. The standard InChI is InChI=1S/C15H30N2O3/c1-14(2)6-8-15(19,9-7-14)11-17-13(18)12(16)5-4-10-20-3/h12,19H,4-11,16H2,1-3H3,(H,17,18). The van der Waals surface area contributed by atoms with Gasteiger partial charge in [0, 0.05) is 20.3 Å². The minimum absolute atomic E-state index is 0.181. The first-order valence-corrected chi connectivity index (χ1v) is 7.53. The van der Waals surface area contributed by atoms with Gasteiger partial charge in [0.1, 0.15) is 0 Å². The lowest BCUT2D eigenvalue weighted by atomic mass is 9.71. The maximum Gasteiger partial charge on any atom is 0.237 e. The van der Waals surface area contributed by atoms with E-state index in [9.17, 15) is 9.90 Å². The lowest BCUT2D eigenvalue weighted by Crippen LogP contribution is -2.50. The van der Waals surface area contributed by atoms with Crippen molar-refractivity contribution in [3.63, 3.8) is 0 Å². The third kappa shape index (κ3) is 5.77. The molecule has 0 bridgehead atoms. The van der Waals surface area contributed by atoms with E-state index in [4.69, 9.17) is 10.5 Å². The fourth-order valence-corrected chi connectivity index (χ4v) is 2.53. The van der Waals surface area contributed by atoms with Crippen LogP contribution in [0.4, 0.5) is 0 Å². The Morgan fingerprint density at radius 2 is 1.95 bits per heavy atom. The van der Waals surface area contributed by atoms with Crippen molar-refractivity contribution in [2.24, 2.45) is 11.1 Å². The van der Waals surface area contributed by atoms with Gasteiger partial charge >= 0.3 is 0 Å². The molecule has 0 aromatic heterocycles. The molecule has 5 nitrogen and oxygen atoms in total. The van der Waals surface area contributed by atoms with E-state index in [0.29, 0.717) is 25.0 Å². The highest BCUT2D eigenvalue weighted by Crippen LogP contribution is 2.39. The van der Waals surface area contributed by atoms with Gasteiger partial charge in [-0.2, -0.15) is 0 Å². The summed E-state index contributed by atoms with van der Waals surface area (Å²) in [6.45, 7) is 5.35. The number of hydrogen-bond acceptors (Lipinski definition) is 4. The van der Waals surface area contributed by atoms with Crippen molar-refractivity contribution in [2.45, 2.75) is 64.0 Å². The van der Waals surface area contributed by atoms with Gasteiger partial charge in [-0.05, 0) is 43.9 Å². The van der Waals surface area contributed by atoms with Crippen molar-refractivity contribution < 1.29 is 14.6 Å². The Bertz CT molecular complexity index is 308. The predicted octanol–water partition coefficient (Wildman–Crippen LogP) is 1.19. The van der Waals surface area contributed by atoms with Crippen molar-refractivity contribution in [3.8, 4) is 0 Å². The summed E-state index contributed by atoms with van der Waals surface area (Å²) in [5.74, 6) is -0.181. The SMILES string of the molecule is COCCCC(N)C(=O)NCC1(O)CCC(C)(C)CC1. The molecule has 0 radical (unpaired) electrons. The van der Waals surface area contributed by atoms with Crippen LogP contribution in [0.3, 0.4) is 0 Å². The molecular formula is C15H30N2O3. The van der Waals surface area contributed by atoms with Crippen molar-refractivity contribution in [2.75, 3.05) is 20.3 Å². The van der Waals surface area contributed by atoms with Crippen molar-refractivity contribution in [3.05, 3.63) is 0 Å². The van der Waals surface area contributed by atoms with Gasteiger partial charge in [0.25, 0.3) is 0 Å². The molecule has 1 aliphatic carbocycles. The van der Waals surface area contributed by atoms with Crippen LogP contribution in [0.25, 0.3) is 0 Å². The summed E-state index contributed by atoms with van der Waals surface area (Å²) in [6.07, 6.45) is 4.81. The van der Waals surface area contributed by atoms with Crippen molar-refractivity contribution in [1.29, 1.82) is 0 Å². The number of ether oxygens (including phenoxy) is 1. The molecule has 4 N–H and O–H groups in total. The van der Waals surface area contributed by atoms with Gasteiger partial charge in [0.15, 0.2) is 0 Å². The van der Waals surface area contributed by atoms with Crippen LogP contribution in [0.5, 0.6) is 0 Å². The normalized spacial score (nSPS) is 22.2. The fraction of sp³-hybridized carbons (Fsp3) is 0.933. The number of carbonyl (C=O) groups excluding carboxylic acids is 1. The Morgan fingerprint density at radius 3 is 2.50 bits per heavy atom. The number of rotatable bonds is 7. The zero-order valence-corrected chi connectivity index (χ0v) is 13.1. The molecule has 0 saturated heterocycles. The smallest absolute Gasteiger partial charge is 0.237 e. The Kier molecular flexibility index (Phi) is 6.43. The van der Waals surface area contributed by atoms with Crippen LogP contribution in [-0.2, 0) is 9.53 Å². The maximum absolute atomic E-state index is 11.9. The van der Waals surface area contributed by atoms with Crippen LogP contribution < -0.4 is 11.1 Å². The van der Waals surface area contributed by atoms with E-state index >= 15 is 0 Å². The highest BCUT2D eigenvalue weighted by Gasteiger charge is 2.36. The first-order chi connectivity index (χ1) is 9.28. The second kappa shape index (κ2) is 7.38. The van der Waals surface area contributed by atoms with Gasteiger partial charge in [-0.1, -0.05) is 13.8 Å². The predicted molar refractivity (Wildman–Crippen MR) is 79.3 cm³/mol. The van der Waals surface area contributed by atoms with E-state index in [1.54, 1.807) is 7.11 Å². The summed E-state index contributed by atoms with van der Waals surface area (Å²) in [5, 5.41) is 13.3. The number of nitrogens with one attached hydrogen (secondary N) is 1. The number of methoxy groups -OCH3 is 1. The Hall–Kier alpha value is -0.650. The molecule has 1 rings (SSSR count). The molecule has 118 valence electrons. The maximum atomic E-state index is 11.9. The van der Waals surface area contributed by atoms with Gasteiger partial charge in [-0.25, -0.2) is 0 Å². The van der Waals surface area contributed by atoms with Crippen LogP contribution in [0.15, 0.2) is 0 Å². The van der Waals surface area contributed by atoms with Gasteiger partial charge in [0.2, 0.25) is 5.91 Å². The second-order valence-corrected chi connectivity index (χ2v) is 6.85. The number of carbonyl (C=O) groups is 1. The van der Waals surface area contributed by atoms with Crippen LogP contribution in [-0.4, -0.2) is 42.9 Å². The summed E-state index contributed by atoms with van der Waals surface area (Å²) in [5.41, 5.74) is 5.34. The molecule has 1 unspecified atom stereocenters. The molecule has 5 heteroatoms. The molecule has 20 heavy (non-hydrogen) atoms. The molecule has 1 fully saturated rings. The summed E-state index contributed by atoms with van der Waals surface area (Å²) >= 11 is 0. The summed E-state index contributed by atoms with van der Waals surface area (Å²) in [7, 11) is 1.63. The molecular weight excluding hydrogens is 256 g/mol. The first kappa shape index (κ1) is 17.4. The van der Waals surface area contributed by atoms with E-state index in [-0.39, 0.29) is 5.91 Å². The van der Waals surface area contributed by atoms with E-state index in [2.05, 4.69) is 19.2 Å². The summed E-state index contributed by atoms with van der Waals surface area (Å²) in [4.78, 5) is 11.9. The third-order valence-corrected chi connectivity index (χ3v) is 4.33.